The topological polar surface area (TPSA) is 351 Å². The van der Waals surface area contributed by atoms with Crippen LogP contribution in [0.4, 0.5) is 32.8 Å². The highest BCUT2D eigenvalue weighted by molar-refractivity contribution is 9.11. The Morgan fingerprint density at radius 2 is 0.686 bits per heavy atom. The summed E-state index contributed by atoms with van der Waals surface area (Å²) in [7, 11) is -7.01. The van der Waals surface area contributed by atoms with Gasteiger partial charge in [-0.15, -0.1) is 0 Å². The number of nitrogen functional groups attached to an aromatic ring is 1. The Labute approximate surface area is 748 Å². The molecule has 0 aromatic heterocycles. The van der Waals surface area contributed by atoms with Crippen molar-refractivity contribution in [3.8, 4) is 51.7 Å². The molecule has 3 fully saturated rings. The smallest absolute Gasteiger partial charge is 0.498 e. The molecule has 26 nitrogen and oxygen atoms in total. The molecule has 0 amide bonds. The summed E-state index contributed by atoms with van der Waals surface area (Å²) in [6, 6.07) is 69.4. The molecule has 0 saturated carbocycles. The van der Waals surface area contributed by atoms with E-state index < -0.39 is 77.1 Å². The number of rotatable bonds is 16. The molecule has 121 heavy (non-hydrogen) atoms. The summed E-state index contributed by atoms with van der Waals surface area (Å²) in [5.74, 6) is 5.15. The summed E-state index contributed by atoms with van der Waals surface area (Å²) < 4.78 is 143. The van der Waals surface area contributed by atoms with Gasteiger partial charge in [-0.3, -0.25) is 29.7 Å². The summed E-state index contributed by atoms with van der Waals surface area (Å²) in [6.07, 6.45) is 3.14. The molecule has 0 radical (unpaired) electrons. The molecule has 650 valence electrons. The van der Waals surface area contributed by atoms with E-state index in [2.05, 4.69) is 83.8 Å². The number of halogens is 6. The maximum absolute atomic E-state index is 12.5. The first kappa shape index (κ1) is 105. The second-order valence-electron chi connectivity index (χ2n) is 29.1. The summed E-state index contributed by atoms with van der Waals surface area (Å²) in [5, 5.41) is 29.3. The molecule has 5 N–H and O–H groups in total. The Morgan fingerprint density at radius 3 is 0.983 bits per heavy atom. The van der Waals surface area contributed by atoms with Gasteiger partial charge in [-0.2, -0.15) is 0 Å². The van der Waals surface area contributed by atoms with Crippen molar-refractivity contribution in [3.05, 3.63) is 294 Å². The van der Waals surface area contributed by atoms with Gasteiger partial charge in [-0.25, -0.2) is 29.6 Å². The van der Waals surface area contributed by atoms with Crippen LogP contribution in [0.3, 0.4) is 0 Å². The Kier molecular flexibility index (Phi) is 39.6. The lowest BCUT2D eigenvalue weighted by atomic mass is 9.49. The first-order valence-corrected chi connectivity index (χ1v) is 45.5. The largest absolute Gasteiger partial charge is 0.508 e. The van der Waals surface area contributed by atoms with Gasteiger partial charge in [-0.1, -0.05) is 99.4 Å². The van der Waals surface area contributed by atoms with Gasteiger partial charge in [0, 0.05) is 57.5 Å². The van der Waals surface area contributed by atoms with E-state index in [4.69, 9.17) is 57.7 Å². The Hall–Kier alpha value is -8.59. The van der Waals surface area contributed by atoms with E-state index in [-0.39, 0.29) is 54.1 Å². The van der Waals surface area contributed by atoms with Crippen LogP contribution < -0.4 is 39.6 Å². The predicted molar refractivity (Wildman–Crippen MR) is 498 cm³/mol. The van der Waals surface area contributed by atoms with Crippen LogP contribution in [-0.2, 0) is 57.0 Å². The zero-order valence-electron chi connectivity index (χ0n) is 68.4. The molecule has 3 saturated heterocycles. The fourth-order valence-electron chi connectivity index (χ4n) is 9.71. The lowest BCUT2D eigenvalue weighted by Gasteiger charge is -2.32. The number of phenolic OH excluding ortho intramolecular Hbond substituents is 1. The predicted octanol–water partition coefficient (Wildman–Crippen LogP) is 20.1. The number of nitrogens with one attached hydrogen (secondary N) is 2. The number of nitro benzene ring substituents is 2. The van der Waals surface area contributed by atoms with Crippen LogP contribution in [0.1, 0.15) is 83.1 Å². The zero-order chi connectivity index (χ0) is 88.7. The van der Waals surface area contributed by atoms with Crippen LogP contribution in [0.2, 0.25) is 0 Å². The van der Waals surface area contributed by atoms with E-state index in [1.807, 2.05) is 229 Å². The van der Waals surface area contributed by atoms with Crippen molar-refractivity contribution >= 4 is 167 Å². The number of para-hydroxylation sites is 5. The zero-order valence-corrected chi connectivity index (χ0v) is 78.0. The summed E-state index contributed by atoms with van der Waals surface area (Å²) >= 11 is 12.8. The fraction of sp³-hybridized carbons (Fsp3) is 0.256. The van der Waals surface area contributed by atoms with Crippen molar-refractivity contribution in [3.63, 3.8) is 0 Å². The number of hydrogen-bond donors (Lipinski definition) is 4. The van der Waals surface area contributed by atoms with E-state index in [0.29, 0.717) is 71.7 Å². The van der Waals surface area contributed by atoms with Crippen LogP contribution in [0.15, 0.2) is 261 Å². The molecular formula is C82H97B4Br4ClFN5O21S3-2. The number of nitrogens with two attached hydrogens (primary N) is 1. The number of ether oxygens (including phenoxy) is 4. The number of sulfonamides is 2. The molecule has 3 heterocycles. The highest BCUT2D eigenvalue weighted by Gasteiger charge is 2.64. The van der Waals surface area contributed by atoms with Crippen molar-refractivity contribution in [1.82, 2.24) is 0 Å². The average Bonchev–Trinajstić information content (AvgIpc) is 1.60. The maximum atomic E-state index is 12.5. The number of anilines is 3. The molecule has 10 aromatic carbocycles. The monoisotopic (exact) mass is 2000 g/mol. The Morgan fingerprint density at radius 1 is 0.413 bits per heavy atom. The molecular weight excluding hydrogens is 1900 g/mol. The Balaban J connectivity index is 0.000000300. The number of nitrogens with zero attached hydrogens (tertiary/aromatic N) is 2. The SMILES string of the molecule is CC1(C)OB(B2OC(C)(C)C(C)(C)O2)OC1(C)C.CC1(C)OB(c2cc(NS(C)(=O)=O)ccc2Oc2ccccc2)OC1(C)C.CS(=O)(=O)Cl.CS(=O)(=O)Nc1ccc(Oc2ccccc2)c(Br)c1.Nc1ccc(Oc2ccccc2)c(Br)c1.O=[N+]([O-])c1ccc(F)c(Br)c1.O=[N+]([O-])c1ccc(Oc2ccccc2)c(Br)c1.Oc1ccccc1.[BH4-].[CH3-]. The molecule has 39 heteroatoms. The van der Waals surface area contributed by atoms with Gasteiger partial charge >= 0.3 is 21.1 Å². The molecule has 0 spiro atoms. The van der Waals surface area contributed by atoms with Crippen molar-refractivity contribution in [2.24, 2.45) is 0 Å². The van der Waals surface area contributed by atoms with E-state index in [1.54, 1.807) is 66.7 Å². The quantitative estimate of drug-likeness (QED) is 0.0174. The number of benzene rings is 10. The third kappa shape index (κ3) is 34.9. The van der Waals surface area contributed by atoms with Crippen molar-refractivity contribution in [2.45, 2.75) is 117 Å². The highest BCUT2D eigenvalue weighted by Crippen LogP contribution is 2.44. The molecule has 13 rings (SSSR count). The van der Waals surface area contributed by atoms with E-state index in [0.717, 1.165) is 52.9 Å². The first-order chi connectivity index (χ1) is 55.2. The molecule has 0 bridgehead atoms. The fourth-order valence-corrected chi connectivity index (χ4v) is 12.6. The van der Waals surface area contributed by atoms with Crippen LogP contribution >= 0.6 is 74.4 Å². The number of aromatic hydroxyl groups is 1. The van der Waals surface area contributed by atoms with Gasteiger partial charge in [0.1, 0.15) is 57.6 Å². The molecule has 10 aromatic rings. The van der Waals surface area contributed by atoms with Crippen LogP contribution in [0, 0.1) is 33.5 Å². The van der Waals surface area contributed by atoms with Crippen LogP contribution in [0.5, 0.6) is 51.7 Å². The Bertz CT molecular complexity index is 5310. The highest BCUT2D eigenvalue weighted by atomic mass is 79.9. The van der Waals surface area contributed by atoms with Gasteiger partial charge < -0.3 is 65.1 Å². The summed E-state index contributed by atoms with van der Waals surface area (Å²) in [4.78, 5) is 19.7. The van der Waals surface area contributed by atoms with E-state index in [1.165, 1.54) is 12.1 Å². The molecule has 3 aliphatic rings. The number of phenols is 1. The third-order valence-electron chi connectivity index (χ3n) is 17.7. The van der Waals surface area contributed by atoms with Crippen molar-refractivity contribution in [1.29, 1.82) is 0 Å². The van der Waals surface area contributed by atoms with Gasteiger partial charge in [0.25, 0.3) is 11.4 Å². The molecule has 0 atom stereocenters. The van der Waals surface area contributed by atoms with Crippen LogP contribution in [0.25, 0.3) is 0 Å². The first-order valence-electron chi connectivity index (χ1n) is 35.8. The maximum Gasteiger partial charge on any atom is 0.498 e. The van der Waals surface area contributed by atoms with Crippen molar-refractivity contribution in [2.75, 3.05) is 33.9 Å². The normalized spacial score (nSPS) is 15.1. The van der Waals surface area contributed by atoms with Crippen LogP contribution in [-0.4, -0.2) is 122 Å². The average molecular weight is 2000 g/mol. The lowest BCUT2D eigenvalue weighted by Crippen LogP contribution is -2.41. The minimum absolute atomic E-state index is 0. The summed E-state index contributed by atoms with van der Waals surface area (Å²) in [6.45, 7) is 24.1. The van der Waals surface area contributed by atoms with Gasteiger partial charge in [-0.05, 0) is 274 Å². The van der Waals surface area contributed by atoms with Crippen molar-refractivity contribution < 1.29 is 91.5 Å². The van der Waals surface area contributed by atoms with Gasteiger partial charge in [0.15, 0.2) is 0 Å². The summed E-state index contributed by atoms with van der Waals surface area (Å²) in [5.41, 5.74) is 5.27. The molecule has 3 aliphatic heterocycles. The number of hydrogen-bond acceptors (Lipinski definition) is 22. The second kappa shape index (κ2) is 45.7. The molecule has 0 aliphatic carbocycles. The standard InChI is InChI=1S/C19H24BNO5S.C13H12BrNO3S.C12H24B2O4.C12H8BrNO3.C12H10BrNO.C6H3BrFNO2.C6H6O.CH3ClO2S.CH3.BH4/c1-18(2)19(3,4)26-20(25-18)16-13-14(21-27(5,22)23)11-12-17(16)24-15-9-7-6-8-10-15;1-19(16,17)15-10-7-8-13(12(14)9-10)18-11-5-3-2-4-6-11;1-9(2)10(3,4)16-13(15-9)14-17-11(5,6)12(7,8)18-14;13-11-8-9(14(15)16)6-7-12(11)17-10-4-2-1-3-5-10;13-11-8-9(14)6-7-12(11)15-10-4-2-1-3-5-10;7-5-3-4(9(10)11)1-2-6(5)8;7-6-4-2-1-3-5-6;1-5(2,3)4;;/h6-13,21H,1-5H3;2-9,15H,1H3;1-8H3;1-8H;1-8H,14H2;1-3H;1-5,7H;1H3;1H3;1H4/q;;;;;;;;2*-1. The molecule has 0 unspecified atom stereocenters. The number of nitro groups is 2. The third-order valence-corrected chi connectivity index (χ3v) is 21.3. The van der Waals surface area contributed by atoms with Gasteiger partial charge in [0.2, 0.25) is 29.1 Å². The minimum Gasteiger partial charge on any atom is -0.508 e. The number of non-ortho nitro benzene ring substituents is 2. The lowest BCUT2D eigenvalue weighted by molar-refractivity contribution is -0.385. The minimum atomic E-state index is -3.41. The second-order valence-corrected chi connectivity index (χ2v) is 39.0. The van der Waals surface area contributed by atoms with E-state index in [9.17, 15) is 49.9 Å². The van der Waals surface area contributed by atoms with Gasteiger partial charge in [0.05, 0.1) is 80.1 Å². The van der Waals surface area contributed by atoms with E-state index >= 15 is 0 Å².